The van der Waals surface area contributed by atoms with Crippen LogP contribution < -0.4 is 11.5 Å². The first-order valence-corrected chi connectivity index (χ1v) is 9.38. The molecule has 0 unspecified atom stereocenters. The lowest BCUT2D eigenvalue weighted by Gasteiger charge is -1.98. The minimum atomic E-state index is -0.683. The van der Waals surface area contributed by atoms with Crippen LogP contribution in [0.2, 0.25) is 0 Å². The fourth-order valence-electron chi connectivity index (χ4n) is 2.26. The van der Waals surface area contributed by atoms with Crippen LogP contribution >= 0.6 is 0 Å². The molecule has 0 aliphatic carbocycles. The van der Waals surface area contributed by atoms with Crippen molar-refractivity contribution in [2.24, 2.45) is 11.5 Å². The molecule has 0 bridgehead atoms. The van der Waals surface area contributed by atoms with Gasteiger partial charge in [0.15, 0.2) is 0 Å². The second-order valence-corrected chi connectivity index (χ2v) is 6.11. The number of aliphatic carboxylic acids is 2. The molecule has 144 valence electrons. The molecule has 6 N–H and O–H groups in total. The molecule has 24 heavy (non-hydrogen) atoms. The second kappa shape index (κ2) is 21.9. The maximum atomic E-state index is 10.1. The Morgan fingerprint density at radius 3 is 1.00 bits per heavy atom. The molecule has 0 radical (unpaired) electrons. The quantitative estimate of drug-likeness (QED) is 0.317. The number of carbonyl (C=O) groups is 2. The van der Waals surface area contributed by atoms with E-state index >= 15 is 0 Å². The van der Waals surface area contributed by atoms with Gasteiger partial charge in [0.25, 0.3) is 0 Å². The first-order chi connectivity index (χ1) is 11.5. The van der Waals surface area contributed by atoms with E-state index in [9.17, 15) is 9.59 Å². The van der Waals surface area contributed by atoms with Crippen LogP contribution in [-0.2, 0) is 9.59 Å². The summed E-state index contributed by atoms with van der Waals surface area (Å²) in [7, 11) is 0. The van der Waals surface area contributed by atoms with E-state index in [1.165, 1.54) is 25.7 Å². The molecule has 0 spiro atoms. The van der Waals surface area contributed by atoms with Crippen molar-refractivity contribution in [3.63, 3.8) is 0 Å². The highest BCUT2D eigenvalue weighted by Crippen LogP contribution is 2.07. The third-order valence-electron chi connectivity index (χ3n) is 3.69. The van der Waals surface area contributed by atoms with E-state index in [2.05, 4.69) is 0 Å². The lowest BCUT2D eigenvalue weighted by Crippen LogP contribution is -1.97. The number of hydrogen-bond donors (Lipinski definition) is 4. The normalized spacial score (nSPS) is 10.1. The standard InChI is InChI=1S/2C9H19NO2/c2*10-8-6-4-2-1-3-5-7-9(11)12/h2*1-8,10H2,(H,11,12). The van der Waals surface area contributed by atoms with Gasteiger partial charge in [-0.25, -0.2) is 0 Å². The molecule has 0 aromatic carbocycles. The summed E-state index contributed by atoms with van der Waals surface area (Å²) in [5.74, 6) is -1.37. The Hall–Kier alpha value is -1.14. The maximum absolute atomic E-state index is 10.1. The first kappa shape index (κ1) is 25.1. The predicted molar refractivity (Wildman–Crippen MR) is 98.0 cm³/mol. The van der Waals surface area contributed by atoms with E-state index < -0.39 is 11.9 Å². The first-order valence-electron chi connectivity index (χ1n) is 9.38. The average Bonchev–Trinajstić information content (AvgIpc) is 2.53. The number of unbranched alkanes of at least 4 members (excludes halogenated alkanes) is 10. The van der Waals surface area contributed by atoms with Crippen molar-refractivity contribution in [2.45, 2.75) is 89.9 Å². The van der Waals surface area contributed by atoms with Crippen molar-refractivity contribution in [1.82, 2.24) is 0 Å². The molecule has 6 heteroatoms. The van der Waals surface area contributed by atoms with Crippen molar-refractivity contribution >= 4 is 11.9 Å². The summed E-state index contributed by atoms with van der Waals surface area (Å²) in [5.41, 5.74) is 10.7. The summed E-state index contributed by atoms with van der Waals surface area (Å²) in [6.07, 6.45) is 13.6. The maximum Gasteiger partial charge on any atom is 0.303 e. The van der Waals surface area contributed by atoms with E-state index in [1.54, 1.807) is 0 Å². The molecule has 0 aliphatic heterocycles. The van der Waals surface area contributed by atoms with Crippen LogP contribution in [0.1, 0.15) is 89.9 Å². The summed E-state index contributed by atoms with van der Waals surface area (Å²) < 4.78 is 0. The van der Waals surface area contributed by atoms with Gasteiger partial charge in [-0.1, -0.05) is 51.4 Å². The third-order valence-corrected chi connectivity index (χ3v) is 3.69. The lowest BCUT2D eigenvalue weighted by molar-refractivity contribution is -0.138. The molecule has 0 aromatic heterocycles. The van der Waals surface area contributed by atoms with Crippen molar-refractivity contribution in [1.29, 1.82) is 0 Å². The van der Waals surface area contributed by atoms with Crippen LogP contribution in [0, 0.1) is 0 Å². The van der Waals surface area contributed by atoms with Gasteiger partial charge in [0.05, 0.1) is 0 Å². The smallest absolute Gasteiger partial charge is 0.303 e. The summed E-state index contributed by atoms with van der Waals surface area (Å²) in [4.78, 5) is 20.2. The SMILES string of the molecule is NCCCCCCCCC(=O)O.NCCCCCCCCC(=O)O. The Morgan fingerprint density at radius 1 is 0.500 bits per heavy atom. The summed E-state index contributed by atoms with van der Waals surface area (Å²) >= 11 is 0. The molecule has 0 aromatic rings. The minimum absolute atomic E-state index is 0.316. The van der Waals surface area contributed by atoms with Crippen LogP contribution in [0.4, 0.5) is 0 Å². The van der Waals surface area contributed by atoms with Crippen molar-refractivity contribution in [3.8, 4) is 0 Å². The molecular formula is C18H38N2O4. The Balaban J connectivity index is 0. The highest BCUT2D eigenvalue weighted by atomic mass is 16.4. The van der Waals surface area contributed by atoms with Crippen LogP contribution in [-0.4, -0.2) is 35.2 Å². The largest absolute Gasteiger partial charge is 0.481 e. The molecule has 0 saturated heterocycles. The van der Waals surface area contributed by atoms with Crippen LogP contribution in [0.15, 0.2) is 0 Å². The molecule has 0 rings (SSSR count). The fraction of sp³-hybridized carbons (Fsp3) is 0.889. The minimum Gasteiger partial charge on any atom is -0.481 e. The van der Waals surface area contributed by atoms with Gasteiger partial charge >= 0.3 is 11.9 Å². The van der Waals surface area contributed by atoms with Gasteiger partial charge in [0.1, 0.15) is 0 Å². The predicted octanol–water partition coefficient (Wildman–Crippen LogP) is 3.52. The van der Waals surface area contributed by atoms with Gasteiger partial charge in [-0.15, -0.1) is 0 Å². The van der Waals surface area contributed by atoms with Gasteiger partial charge in [-0.05, 0) is 38.8 Å². The van der Waals surface area contributed by atoms with Gasteiger partial charge in [0, 0.05) is 12.8 Å². The molecule has 0 aliphatic rings. The van der Waals surface area contributed by atoms with Gasteiger partial charge in [-0.3, -0.25) is 9.59 Å². The number of rotatable bonds is 16. The van der Waals surface area contributed by atoms with Crippen LogP contribution in [0.3, 0.4) is 0 Å². The Bertz CT molecular complexity index is 258. The third kappa shape index (κ3) is 28.9. The van der Waals surface area contributed by atoms with Crippen molar-refractivity contribution in [3.05, 3.63) is 0 Å². The van der Waals surface area contributed by atoms with E-state index in [0.717, 1.165) is 64.5 Å². The average molecular weight is 347 g/mol. The van der Waals surface area contributed by atoms with Crippen molar-refractivity contribution in [2.75, 3.05) is 13.1 Å². The topological polar surface area (TPSA) is 127 Å². The lowest BCUT2D eigenvalue weighted by atomic mass is 10.1. The molecule has 0 amide bonds. The number of carboxylic acid groups (broad SMARTS) is 2. The highest BCUT2D eigenvalue weighted by Gasteiger charge is 1.96. The van der Waals surface area contributed by atoms with Gasteiger partial charge in [0.2, 0.25) is 0 Å². The van der Waals surface area contributed by atoms with E-state index in [4.69, 9.17) is 21.7 Å². The number of nitrogens with two attached hydrogens (primary N) is 2. The van der Waals surface area contributed by atoms with E-state index in [0.29, 0.717) is 12.8 Å². The van der Waals surface area contributed by atoms with Crippen LogP contribution in [0.25, 0.3) is 0 Å². The van der Waals surface area contributed by atoms with Gasteiger partial charge < -0.3 is 21.7 Å². The number of carboxylic acids is 2. The number of hydrogen-bond acceptors (Lipinski definition) is 4. The Labute approximate surface area is 147 Å². The molecular weight excluding hydrogens is 308 g/mol. The molecule has 0 fully saturated rings. The molecule has 0 atom stereocenters. The Kier molecular flexibility index (Phi) is 22.9. The Morgan fingerprint density at radius 2 is 0.750 bits per heavy atom. The second-order valence-electron chi connectivity index (χ2n) is 6.11. The summed E-state index contributed by atoms with van der Waals surface area (Å²) in [6.45, 7) is 1.55. The zero-order valence-electron chi connectivity index (χ0n) is 15.2. The van der Waals surface area contributed by atoms with Gasteiger partial charge in [-0.2, -0.15) is 0 Å². The fourth-order valence-corrected chi connectivity index (χ4v) is 2.26. The summed E-state index contributed by atoms with van der Waals surface area (Å²) in [6, 6.07) is 0. The molecule has 0 heterocycles. The zero-order valence-corrected chi connectivity index (χ0v) is 15.2. The van der Waals surface area contributed by atoms with Crippen LogP contribution in [0.5, 0.6) is 0 Å². The molecule has 0 saturated carbocycles. The van der Waals surface area contributed by atoms with E-state index in [1.807, 2.05) is 0 Å². The van der Waals surface area contributed by atoms with E-state index in [-0.39, 0.29) is 0 Å². The summed E-state index contributed by atoms with van der Waals surface area (Å²) in [5, 5.41) is 16.7. The monoisotopic (exact) mass is 346 g/mol. The van der Waals surface area contributed by atoms with Crippen molar-refractivity contribution < 1.29 is 19.8 Å². The zero-order chi connectivity index (χ0) is 18.5. The highest BCUT2D eigenvalue weighted by molar-refractivity contribution is 5.66. The molecule has 6 nitrogen and oxygen atoms in total.